The van der Waals surface area contributed by atoms with Gasteiger partial charge in [-0.15, -0.1) is 0 Å². The van der Waals surface area contributed by atoms with Crippen LogP contribution in [0.4, 0.5) is 0 Å². The first-order valence-corrected chi connectivity index (χ1v) is 7.14. The van der Waals surface area contributed by atoms with Gasteiger partial charge in [0.25, 0.3) is 0 Å². The molecule has 118 valence electrons. The predicted molar refractivity (Wildman–Crippen MR) is 74.7 cm³/mol. The average molecular weight is 289 g/mol. The molecule has 6 heteroatoms. The van der Waals surface area contributed by atoms with Crippen LogP contribution in [0.5, 0.6) is 0 Å². The number of hydrogen-bond acceptors (Lipinski definition) is 6. The maximum absolute atomic E-state index is 11.8. The Morgan fingerprint density at radius 2 is 2.05 bits per heavy atom. The molecule has 0 aliphatic heterocycles. The minimum absolute atomic E-state index is 0.112. The summed E-state index contributed by atoms with van der Waals surface area (Å²) >= 11 is 0. The van der Waals surface area contributed by atoms with Crippen molar-refractivity contribution in [2.24, 2.45) is 0 Å². The maximum Gasteiger partial charge on any atom is 0.326 e. The number of likely N-dealkylation sites (N-methyl/N-ethyl adjacent to an activating group) is 1. The second-order valence-electron chi connectivity index (χ2n) is 5.02. The van der Waals surface area contributed by atoms with E-state index in [1.54, 1.807) is 14.2 Å². The van der Waals surface area contributed by atoms with Gasteiger partial charge in [-0.1, -0.05) is 0 Å². The van der Waals surface area contributed by atoms with Crippen LogP contribution in [0.1, 0.15) is 25.7 Å². The second-order valence-corrected chi connectivity index (χ2v) is 5.02. The van der Waals surface area contributed by atoms with E-state index in [0.29, 0.717) is 32.8 Å². The van der Waals surface area contributed by atoms with Gasteiger partial charge in [0.05, 0.1) is 26.4 Å². The first-order valence-electron chi connectivity index (χ1n) is 7.14. The van der Waals surface area contributed by atoms with Gasteiger partial charge in [0.15, 0.2) is 0 Å². The SMILES string of the molecule is CNC1(C(=O)OC)CCC(OCCCOCCOC)C1. The van der Waals surface area contributed by atoms with Crippen molar-refractivity contribution in [3.63, 3.8) is 0 Å². The Bertz CT molecular complexity index is 287. The Balaban J connectivity index is 2.16. The van der Waals surface area contributed by atoms with E-state index in [1.165, 1.54) is 7.11 Å². The summed E-state index contributed by atoms with van der Waals surface area (Å²) in [5.41, 5.74) is -0.575. The summed E-state index contributed by atoms with van der Waals surface area (Å²) < 4.78 is 20.9. The number of nitrogens with one attached hydrogen (secondary N) is 1. The van der Waals surface area contributed by atoms with E-state index in [4.69, 9.17) is 18.9 Å². The van der Waals surface area contributed by atoms with E-state index in [-0.39, 0.29) is 12.1 Å². The van der Waals surface area contributed by atoms with Gasteiger partial charge in [-0.2, -0.15) is 0 Å². The van der Waals surface area contributed by atoms with Gasteiger partial charge in [0, 0.05) is 26.7 Å². The molecule has 6 nitrogen and oxygen atoms in total. The summed E-state index contributed by atoms with van der Waals surface area (Å²) in [6, 6.07) is 0. The molecule has 1 N–H and O–H groups in total. The third kappa shape index (κ3) is 5.01. The molecule has 0 amide bonds. The minimum Gasteiger partial charge on any atom is -0.468 e. The molecule has 0 aromatic heterocycles. The fourth-order valence-corrected chi connectivity index (χ4v) is 2.51. The molecule has 2 unspecified atom stereocenters. The number of hydrogen-bond donors (Lipinski definition) is 1. The fraction of sp³-hybridized carbons (Fsp3) is 0.929. The smallest absolute Gasteiger partial charge is 0.326 e. The minimum atomic E-state index is -0.575. The molecule has 0 aromatic carbocycles. The Hall–Kier alpha value is -0.690. The highest BCUT2D eigenvalue weighted by Crippen LogP contribution is 2.32. The van der Waals surface area contributed by atoms with Crippen LogP contribution in [-0.2, 0) is 23.7 Å². The maximum atomic E-state index is 11.8. The molecule has 0 saturated heterocycles. The van der Waals surface area contributed by atoms with Crippen LogP contribution in [0.25, 0.3) is 0 Å². The van der Waals surface area contributed by atoms with Gasteiger partial charge in [-0.05, 0) is 26.3 Å². The van der Waals surface area contributed by atoms with E-state index < -0.39 is 5.54 Å². The van der Waals surface area contributed by atoms with Crippen LogP contribution in [0.3, 0.4) is 0 Å². The monoisotopic (exact) mass is 289 g/mol. The third-order valence-corrected chi connectivity index (χ3v) is 3.74. The average Bonchev–Trinajstić information content (AvgIpc) is 2.90. The summed E-state index contributed by atoms with van der Waals surface area (Å²) in [5, 5.41) is 3.09. The van der Waals surface area contributed by atoms with Gasteiger partial charge in [-0.3, -0.25) is 4.79 Å². The number of carbonyl (C=O) groups excluding carboxylic acids is 1. The lowest BCUT2D eigenvalue weighted by Crippen LogP contribution is -2.49. The highest BCUT2D eigenvalue weighted by molar-refractivity contribution is 5.81. The molecule has 0 bridgehead atoms. The molecule has 1 fully saturated rings. The van der Waals surface area contributed by atoms with Crippen molar-refractivity contribution >= 4 is 5.97 Å². The van der Waals surface area contributed by atoms with Gasteiger partial charge in [0.2, 0.25) is 0 Å². The highest BCUT2D eigenvalue weighted by atomic mass is 16.5. The Kier molecular flexibility index (Phi) is 8.06. The lowest BCUT2D eigenvalue weighted by atomic mass is 9.98. The Morgan fingerprint density at radius 3 is 2.70 bits per heavy atom. The molecule has 20 heavy (non-hydrogen) atoms. The normalized spacial score (nSPS) is 25.9. The molecule has 0 aromatic rings. The molecule has 0 radical (unpaired) electrons. The van der Waals surface area contributed by atoms with E-state index >= 15 is 0 Å². The summed E-state index contributed by atoms with van der Waals surface area (Å²) in [6.07, 6.45) is 3.26. The van der Waals surface area contributed by atoms with Gasteiger partial charge >= 0.3 is 5.97 Å². The molecule has 0 heterocycles. The summed E-state index contributed by atoms with van der Waals surface area (Å²) in [5.74, 6) is -0.200. The van der Waals surface area contributed by atoms with Crippen LogP contribution >= 0.6 is 0 Å². The summed E-state index contributed by atoms with van der Waals surface area (Å²) in [7, 11) is 4.87. The first kappa shape index (κ1) is 17.4. The van der Waals surface area contributed by atoms with E-state index in [2.05, 4.69) is 5.32 Å². The van der Waals surface area contributed by atoms with Crippen molar-refractivity contribution in [3.05, 3.63) is 0 Å². The quantitative estimate of drug-likeness (QED) is 0.473. The van der Waals surface area contributed by atoms with Crippen LogP contribution in [0.15, 0.2) is 0 Å². The zero-order chi connectivity index (χ0) is 14.8. The lowest BCUT2D eigenvalue weighted by Gasteiger charge is -2.25. The fourth-order valence-electron chi connectivity index (χ4n) is 2.51. The third-order valence-electron chi connectivity index (χ3n) is 3.74. The molecule has 1 saturated carbocycles. The Labute approximate surface area is 121 Å². The van der Waals surface area contributed by atoms with Crippen molar-refractivity contribution in [2.75, 3.05) is 47.7 Å². The van der Waals surface area contributed by atoms with E-state index in [1.807, 2.05) is 0 Å². The molecule has 0 spiro atoms. The zero-order valence-corrected chi connectivity index (χ0v) is 12.8. The van der Waals surface area contributed by atoms with Gasteiger partial charge in [-0.25, -0.2) is 0 Å². The van der Waals surface area contributed by atoms with Crippen molar-refractivity contribution in [1.82, 2.24) is 5.32 Å². The standard InChI is InChI=1S/C14H27NO5/c1-15-14(13(16)18-3)6-5-12(11-14)20-8-4-7-19-10-9-17-2/h12,15H,4-11H2,1-3H3. The molecule has 1 rings (SSSR count). The van der Waals surface area contributed by atoms with Gasteiger partial charge in [0.1, 0.15) is 5.54 Å². The summed E-state index contributed by atoms with van der Waals surface area (Å²) in [6.45, 7) is 2.56. The zero-order valence-electron chi connectivity index (χ0n) is 12.8. The number of rotatable bonds is 10. The van der Waals surface area contributed by atoms with Crippen molar-refractivity contribution in [2.45, 2.75) is 37.3 Å². The molecule has 1 aliphatic carbocycles. The number of ether oxygens (including phenoxy) is 4. The first-order chi connectivity index (χ1) is 9.68. The largest absolute Gasteiger partial charge is 0.468 e. The molecular formula is C14H27NO5. The van der Waals surface area contributed by atoms with Crippen molar-refractivity contribution in [3.8, 4) is 0 Å². The number of methoxy groups -OCH3 is 2. The van der Waals surface area contributed by atoms with Crippen LogP contribution in [0, 0.1) is 0 Å². The van der Waals surface area contributed by atoms with E-state index in [0.717, 1.165) is 19.3 Å². The molecule has 2 atom stereocenters. The predicted octanol–water partition coefficient (Wildman–Crippen LogP) is 0.740. The lowest BCUT2D eigenvalue weighted by molar-refractivity contribution is -0.148. The number of esters is 1. The van der Waals surface area contributed by atoms with Crippen LogP contribution in [-0.4, -0.2) is 65.3 Å². The highest BCUT2D eigenvalue weighted by Gasteiger charge is 2.45. The number of carbonyl (C=O) groups is 1. The molecular weight excluding hydrogens is 262 g/mol. The van der Waals surface area contributed by atoms with Crippen molar-refractivity contribution in [1.29, 1.82) is 0 Å². The molecule has 1 aliphatic rings. The summed E-state index contributed by atoms with van der Waals surface area (Å²) in [4.78, 5) is 11.8. The second kappa shape index (κ2) is 9.28. The van der Waals surface area contributed by atoms with E-state index in [9.17, 15) is 4.79 Å². The van der Waals surface area contributed by atoms with Crippen molar-refractivity contribution < 1.29 is 23.7 Å². The van der Waals surface area contributed by atoms with Crippen LogP contribution < -0.4 is 5.32 Å². The van der Waals surface area contributed by atoms with Gasteiger partial charge < -0.3 is 24.3 Å². The Morgan fingerprint density at radius 1 is 1.25 bits per heavy atom. The van der Waals surface area contributed by atoms with Crippen LogP contribution in [0.2, 0.25) is 0 Å². The topological polar surface area (TPSA) is 66.0 Å².